The van der Waals surface area contributed by atoms with E-state index in [4.69, 9.17) is 24.0 Å². The summed E-state index contributed by atoms with van der Waals surface area (Å²) < 4.78 is 21.7. The van der Waals surface area contributed by atoms with Gasteiger partial charge in [-0.15, -0.1) is 0 Å². The normalized spacial score (nSPS) is 10.7. The summed E-state index contributed by atoms with van der Waals surface area (Å²) in [4.78, 5) is 36.5. The van der Waals surface area contributed by atoms with Crippen LogP contribution in [0, 0.1) is 5.41 Å². The molecule has 0 radical (unpaired) electrons. The zero-order chi connectivity index (χ0) is 31.5. The summed E-state index contributed by atoms with van der Waals surface area (Å²) in [5, 5.41) is 8.62. The van der Waals surface area contributed by atoms with E-state index in [9.17, 15) is 14.4 Å². The van der Waals surface area contributed by atoms with Crippen LogP contribution in [0.3, 0.4) is 0 Å². The highest BCUT2D eigenvalue weighted by Gasteiger charge is 2.14. The third-order valence-electron chi connectivity index (χ3n) is 6.64. The molecule has 0 aliphatic carbocycles. The lowest BCUT2D eigenvalue weighted by Crippen LogP contribution is -2.08. The highest BCUT2D eigenvalue weighted by Crippen LogP contribution is 2.28. The molecule has 8 nitrogen and oxygen atoms in total. The smallest absolute Gasteiger partial charge is 0.344 e. The second-order valence-corrected chi connectivity index (χ2v) is 10.6. The third kappa shape index (κ3) is 9.67. The minimum atomic E-state index is -0.520. The van der Waals surface area contributed by atoms with E-state index in [2.05, 4.69) is 25.8 Å². The van der Waals surface area contributed by atoms with Gasteiger partial charge in [0, 0.05) is 22.1 Å². The molecule has 0 amide bonds. The molecule has 8 heteroatoms. The molecule has 1 N–H and O–H groups in total. The van der Waals surface area contributed by atoms with Gasteiger partial charge in [0.05, 0.1) is 18.8 Å². The van der Waals surface area contributed by atoms with Gasteiger partial charge in [-0.25, -0.2) is 14.4 Å². The topological polar surface area (TPSA) is 116 Å². The summed E-state index contributed by atoms with van der Waals surface area (Å²) in [7, 11) is 0. The molecule has 0 aliphatic heterocycles. The number of hydrogen-bond acceptors (Lipinski definition) is 8. The number of nitrogens with one attached hydrogen (secondary N) is 1. The summed E-state index contributed by atoms with van der Waals surface area (Å²) >= 11 is 0. The number of carbonyl (C=O) groups is 2. The van der Waals surface area contributed by atoms with Crippen LogP contribution in [0.2, 0.25) is 0 Å². The summed E-state index contributed by atoms with van der Waals surface area (Å²) in [6, 6.07) is 12.5. The zero-order valence-electron chi connectivity index (χ0n) is 25.2. The van der Waals surface area contributed by atoms with Gasteiger partial charge in [-0.3, -0.25) is 5.41 Å². The Labute approximate surface area is 252 Å². The first-order chi connectivity index (χ1) is 20.5. The van der Waals surface area contributed by atoms with Gasteiger partial charge in [0.1, 0.15) is 11.3 Å². The standard InChI is InChI=1S/C35H39NO7/c1-22(2)32(36)40-17-10-8-12-27-19-25(11-7-9-18-41-33(37)23(3)4)20-31-29(27)21-30(35(39)43-31)26-13-15-28(16-14-26)42-34(38)24(5)6/h13-16,19-21,36H,1,3,5,7-12,17-18H2,2,4,6H3. The molecule has 0 saturated carbocycles. The molecule has 2 aromatic carbocycles. The Morgan fingerprint density at radius 2 is 1.42 bits per heavy atom. The molecule has 0 saturated heterocycles. The van der Waals surface area contributed by atoms with E-state index >= 15 is 0 Å². The second kappa shape index (κ2) is 15.5. The van der Waals surface area contributed by atoms with Crippen molar-refractivity contribution in [1.82, 2.24) is 0 Å². The number of benzene rings is 2. The van der Waals surface area contributed by atoms with Gasteiger partial charge in [0.2, 0.25) is 5.90 Å². The van der Waals surface area contributed by atoms with Crippen molar-refractivity contribution in [2.24, 2.45) is 0 Å². The van der Waals surface area contributed by atoms with E-state index in [-0.39, 0.29) is 11.5 Å². The molecular weight excluding hydrogens is 546 g/mol. The first kappa shape index (κ1) is 32.8. The summed E-state index contributed by atoms with van der Waals surface area (Å²) in [6.07, 6.45) is 4.46. The van der Waals surface area contributed by atoms with E-state index in [1.54, 1.807) is 45.0 Å². The molecule has 1 heterocycles. The average Bonchev–Trinajstić information content (AvgIpc) is 2.96. The molecule has 3 aromatic rings. The van der Waals surface area contributed by atoms with Gasteiger partial charge in [-0.2, -0.15) is 0 Å². The van der Waals surface area contributed by atoms with Crippen LogP contribution < -0.4 is 10.4 Å². The lowest BCUT2D eigenvalue weighted by Gasteiger charge is -2.12. The Hall–Kier alpha value is -4.72. The van der Waals surface area contributed by atoms with Crippen molar-refractivity contribution in [3.63, 3.8) is 0 Å². The Morgan fingerprint density at radius 3 is 2.05 bits per heavy atom. The second-order valence-electron chi connectivity index (χ2n) is 10.6. The Balaban J connectivity index is 1.83. The number of hydrogen-bond donors (Lipinski definition) is 1. The zero-order valence-corrected chi connectivity index (χ0v) is 25.2. The fourth-order valence-electron chi connectivity index (χ4n) is 4.24. The molecule has 0 unspecified atom stereocenters. The Bertz CT molecular complexity index is 1590. The molecule has 43 heavy (non-hydrogen) atoms. The summed E-state index contributed by atoms with van der Waals surface area (Å²) in [5.74, 6) is -0.472. The van der Waals surface area contributed by atoms with Gasteiger partial charge in [-0.05, 0) is 100 Å². The summed E-state index contributed by atoms with van der Waals surface area (Å²) in [5.41, 5.74) is 4.37. The molecule has 0 atom stereocenters. The lowest BCUT2D eigenvalue weighted by atomic mass is 9.96. The molecule has 0 bridgehead atoms. The fourth-order valence-corrected chi connectivity index (χ4v) is 4.24. The molecule has 226 valence electrons. The fraction of sp³-hybridized carbons (Fsp3) is 0.314. The van der Waals surface area contributed by atoms with Crippen molar-refractivity contribution in [3.8, 4) is 16.9 Å². The quantitative estimate of drug-likeness (QED) is 0.0379. The van der Waals surface area contributed by atoms with Gasteiger partial charge < -0.3 is 18.6 Å². The highest BCUT2D eigenvalue weighted by atomic mass is 16.5. The number of rotatable bonds is 15. The predicted octanol–water partition coefficient (Wildman–Crippen LogP) is 7.28. The predicted molar refractivity (Wildman–Crippen MR) is 169 cm³/mol. The SMILES string of the molecule is C=C(C)C(=N)OCCCCc1cc(CCCCOC(=O)C(=C)C)cc2oc(=O)c(-c3ccc(OC(=O)C(=C)C)cc3)cc12. The Morgan fingerprint density at radius 1 is 0.791 bits per heavy atom. The third-order valence-corrected chi connectivity index (χ3v) is 6.64. The van der Waals surface area contributed by atoms with Crippen molar-refractivity contribution < 1.29 is 28.2 Å². The van der Waals surface area contributed by atoms with Crippen molar-refractivity contribution >= 4 is 28.8 Å². The molecule has 0 spiro atoms. The maximum absolute atomic E-state index is 13.1. The van der Waals surface area contributed by atoms with E-state index in [0.29, 0.717) is 59.7 Å². The minimum Gasteiger partial charge on any atom is -0.478 e. The van der Waals surface area contributed by atoms with E-state index < -0.39 is 17.6 Å². The number of unbranched alkanes of at least 4 members (excludes halogenated alkanes) is 2. The number of carbonyl (C=O) groups excluding carboxylic acids is 2. The monoisotopic (exact) mass is 585 g/mol. The average molecular weight is 586 g/mol. The van der Waals surface area contributed by atoms with Gasteiger partial charge in [0.15, 0.2) is 0 Å². The number of aryl methyl sites for hydroxylation is 2. The van der Waals surface area contributed by atoms with E-state index in [0.717, 1.165) is 42.2 Å². The maximum Gasteiger partial charge on any atom is 0.344 e. The largest absolute Gasteiger partial charge is 0.478 e. The number of fused-ring (bicyclic) bond motifs is 1. The first-order valence-corrected chi connectivity index (χ1v) is 14.2. The molecule has 0 fully saturated rings. The number of ether oxygens (including phenoxy) is 3. The summed E-state index contributed by atoms with van der Waals surface area (Å²) in [6.45, 7) is 16.5. The van der Waals surface area contributed by atoms with Crippen LogP contribution in [-0.4, -0.2) is 31.1 Å². The van der Waals surface area contributed by atoms with Gasteiger partial charge in [-0.1, -0.05) is 37.9 Å². The van der Waals surface area contributed by atoms with E-state index in [1.807, 2.05) is 12.1 Å². The van der Waals surface area contributed by atoms with Crippen LogP contribution in [0.25, 0.3) is 22.1 Å². The molecule has 3 rings (SSSR count). The van der Waals surface area contributed by atoms with Crippen LogP contribution in [0.4, 0.5) is 0 Å². The Kier molecular flexibility index (Phi) is 11.8. The van der Waals surface area contributed by atoms with Crippen molar-refractivity contribution in [2.45, 2.75) is 59.3 Å². The van der Waals surface area contributed by atoms with Gasteiger partial charge in [0.25, 0.3) is 0 Å². The molecule has 1 aromatic heterocycles. The van der Waals surface area contributed by atoms with Crippen molar-refractivity contribution in [1.29, 1.82) is 5.41 Å². The molecular formula is C35H39NO7. The van der Waals surface area contributed by atoms with Crippen LogP contribution >= 0.6 is 0 Å². The highest BCUT2D eigenvalue weighted by molar-refractivity contribution is 5.90. The lowest BCUT2D eigenvalue weighted by molar-refractivity contribution is -0.139. The first-order valence-electron chi connectivity index (χ1n) is 14.2. The van der Waals surface area contributed by atoms with Crippen LogP contribution in [0.1, 0.15) is 57.6 Å². The number of esters is 2. The van der Waals surface area contributed by atoms with Crippen LogP contribution in [-0.2, 0) is 31.9 Å². The van der Waals surface area contributed by atoms with Crippen molar-refractivity contribution in [3.05, 3.63) is 100 Å². The molecule has 0 aliphatic rings. The van der Waals surface area contributed by atoms with Crippen LogP contribution in [0.5, 0.6) is 5.75 Å². The van der Waals surface area contributed by atoms with Gasteiger partial charge >= 0.3 is 17.6 Å². The van der Waals surface area contributed by atoms with Crippen molar-refractivity contribution in [2.75, 3.05) is 13.2 Å². The van der Waals surface area contributed by atoms with Crippen LogP contribution in [0.15, 0.2) is 88.1 Å². The maximum atomic E-state index is 13.1. The van der Waals surface area contributed by atoms with E-state index in [1.165, 1.54) is 0 Å². The minimum absolute atomic E-state index is 0.0909.